The fourth-order valence-electron chi connectivity index (χ4n) is 3.89. The third kappa shape index (κ3) is 3.26. The molecule has 1 aliphatic carbocycles. The monoisotopic (exact) mass is 410 g/mol. The lowest BCUT2D eigenvalue weighted by molar-refractivity contribution is 0.0381. The van der Waals surface area contributed by atoms with Crippen molar-refractivity contribution in [3.8, 4) is 11.1 Å². The van der Waals surface area contributed by atoms with Crippen molar-refractivity contribution in [3.05, 3.63) is 52.7 Å². The Balaban J connectivity index is 1.55. The van der Waals surface area contributed by atoms with Crippen LogP contribution < -0.4 is 10.9 Å². The van der Waals surface area contributed by atoms with E-state index in [2.05, 4.69) is 15.3 Å². The van der Waals surface area contributed by atoms with Crippen LogP contribution in [-0.2, 0) is 17.5 Å². The van der Waals surface area contributed by atoms with Gasteiger partial charge in [0, 0.05) is 38.4 Å². The van der Waals surface area contributed by atoms with Crippen LogP contribution in [0.2, 0.25) is 0 Å². The average molecular weight is 410 g/mol. The minimum Gasteiger partial charge on any atom is -0.386 e. The molecule has 3 heterocycles. The molecular weight excluding hydrogens is 387 g/mol. The number of hydrogen-bond acceptors (Lipinski definition) is 6. The van der Waals surface area contributed by atoms with Gasteiger partial charge in [0.25, 0.3) is 5.56 Å². The number of halogens is 1. The van der Waals surface area contributed by atoms with Gasteiger partial charge < -0.3 is 19.7 Å². The van der Waals surface area contributed by atoms with Crippen molar-refractivity contribution in [1.82, 2.24) is 14.5 Å². The molecule has 30 heavy (non-hydrogen) atoms. The molecule has 0 amide bonds. The number of aromatic nitrogens is 3. The van der Waals surface area contributed by atoms with E-state index in [-0.39, 0.29) is 18.7 Å². The van der Waals surface area contributed by atoms with Crippen LogP contribution in [-0.4, -0.2) is 45.0 Å². The summed E-state index contributed by atoms with van der Waals surface area (Å²) >= 11 is 0. The van der Waals surface area contributed by atoms with Crippen LogP contribution in [0.1, 0.15) is 24.8 Å². The first kappa shape index (κ1) is 19.1. The summed E-state index contributed by atoms with van der Waals surface area (Å²) in [5.41, 5.74) is 0.300. The van der Waals surface area contributed by atoms with E-state index in [9.17, 15) is 14.3 Å². The highest BCUT2D eigenvalue weighted by Gasteiger charge is 2.44. The second-order valence-corrected chi connectivity index (χ2v) is 8.33. The number of aliphatic hydroxyl groups is 1. The minimum atomic E-state index is -1.19. The van der Waals surface area contributed by atoms with Gasteiger partial charge in [-0.2, -0.15) is 0 Å². The summed E-state index contributed by atoms with van der Waals surface area (Å²) in [5.74, 6) is 0.375. The van der Waals surface area contributed by atoms with E-state index in [0.717, 1.165) is 5.56 Å². The number of hydrogen-bond donors (Lipinski definition) is 2. The molecule has 0 radical (unpaired) electrons. The van der Waals surface area contributed by atoms with Gasteiger partial charge in [0.1, 0.15) is 22.5 Å². The number of benzene rings is 1. The first-order valence-electron chi connectivity index (χ1n) is 10.1. The Morgan fingerprint density at radius 2 is 2.00 bits per heavy atom. The Morgan fingerprint density at radius 3 is 2.67 bits per heavy atom. The van der Waals surface area contributed by atoms with Gasteiger partial charge in [0.05, 0.1) is 18.5 Å². The fourth-order valence-corrected chi connectivity index (χ4v) is 3.89. The topological polar surface area (TPSA) is 89.3 Å². The SMILES string of the molecule is Cn1cnc2c(-c3ccc(C4(F)CC4)cc3)cnc(NC[C@@]3(O)CCOC3)c2c1=O. The second kappa shape index (κ2) is 6.85. The highest BCUT2D eigenvalue weighted by molar-refractivity contribution is 5.98. The summed E-state index contributed by atoms with van der Waals surface area (Å²) in [6.07, 6.45) is 4.78. The minimum absolute atomic E-state index is 0.222. The molecule has 2 fully saturated rings. The molecule has 156 valence electrons. The first-order chi connectivity index (χ1) is 14.4. The van der Waals surface area contributed by atoms with Gasteiger partial charge in [-0.25, -0.2) is 14.4 Å². The highest BCUT2D eigenvalue weighted by atomic mass is 19.1. The molecule has 1 atom stereocenters. The van der Waals surface area contributed by atoms with Crippen LogP contribution in [0.25, 0.3) is 22.0 Å². The van der Waals surface area contributed by atoms with Crippen LogP contribution in [0.3, 0.4) is 0 Å². The number of nitrogens with zero attached hydrogens (tertiary/aromatic N) is 3. The maximum Gasteiger partial charge on any atom is 0.264 e. The number of fused-ring (bicyclic) bond motifs is 1. The van der Waals surface area contributed by atoms with Gasteiger partial charge in [-0.15, -0.1) is 0 Å². The zero-order chi connectivity index (χ0) is 20.9. The van der Waals surface area contributed by atoms with Crippen LogP contribution >= 0.6 is 0 Å². The van der Waals surface area contributed by atoms with Crippen LogP contribution in [0.15, 0.2) is 41.6 Å². The number of rotatable bonds is 5. The van der Waals surface area contributed by atoms with Crippen molar-refractivity contribution in [2.24, 2.45) is 7.05 Å². The summed E-state index contributed by atoms with van der Waals surface area (Å²) in [6.45, 7) is 0.971. The fraction of sp³-hybridized carbons (Fsp3) is 0.409. The molecule has 1 aromatic carbocycles. The van der Waals surface area contributed by atoms with Crippen LogP contribution in [0.5, 0.6) is 0 Å². The van der Waals surface area contributed by atoms with E-state index < -0.39 is 11.3 Å². The Bertz CT molecular complexity index is 1170. The molecular formula is C22H23FN4O3. The quantitative estimate of drug-likeness (QED) is 0.672. The van der Waals surface area contributed by atoms with Gasteiger partial charge in [-0.3, -0.25) is 4.79 Å². The standard InChI is InChI=1S/C22H23FN4O3/c1-27-13-26-18-16(14-2-4-15(5-3-14)22(23)6-7-22)10-24-19(17(18)20(27)28)25-11-21(29)8-9-30-12-21/h2-5,10,13,29H,6-9,11-12H2,1H3,(H,24,25)/t21-/m0/s1. The predicted octanol–water partition coefficient (Wildman–Crippen LogP) is 2.52. The molecule has 0 unspecified atom stereocenters. The Morgan fingerprint density at radius 1 is 1.23 bits per heavy atom. The number of nitrogens with one attached hydrogen (secondary N) is 1. The number of anilines is 1. The summed E-state index contributed by atoms with van der Waals surface area (Å²) in [4.78, 5) is 21.9. The van der Waals surface area contributed by atoms with Crippen LogP contribution in [0.4, 0.5) is 10.2 Å². The van der Waals surface area contributed by atoms with E-state index >= 15 is 0 Å². The van der Waals surface area contributed by atoms with E-state index in [1.54, 1.807) is 25.4 Å². The van der Waals surface area contributed by atoms with Crippen molar-refractivity contribution < 1.29 is 14.2 Å². The molecule has 1 saturated heterocycles. The molecule has 2 aromatic heterocycles. The number of alkyl halides is 1. The number of ether oxygens (including phenoxy) is 1. The van der Waals surface area contributed by atoms with Gasteiger partial charge >= 0.3 is 0 Å². The number of pyridine rings is 1. The average Bonchev–Trinajstić information content (AvgIpc) is 3.36. The highest BCUT2D eigenvalue weighted by Crippen LogP contribution is 2.49. The largest absolute Gasteiger partial charge is 0.386 e. The zero-order valence-corrected chi connectivity index (χ0v) is 16.7. The first-order valence-corrected chi connectivity index (χ1v) is 10.1. The smallest absolute Gasteiger partial charge is 0.264 e. The normalized spacial score (nSPS) is 22.4. The zero-order valence-electron chi connectivity index (χ0n) is 16.7. The van der Waals surface area contributed by atoms with E-state index in [1.165, 1.54) is 10.9 Å². The van der Waals surface area contributed by atoms with Gasteiger partial charge in [0.15, 0.2) is 0 Å². The Labute approximate surface area is 172 Å². The molecule has 2 aliphatic rings. The molecule has 2 N–H and O–H groups in total. The molecule has 0 bridgehead atoms. The maximum atomic E-state index is 14.3. The van der Waals surface area contributed by atoms with Gasteiger partial charge in [0.2, 0.25) is 0 Å². The van der Waals surface area contributed by atoms with Crippen molar-refractivity contribution in [2.45, 2.75) is 30.5 Å². The molecule has 8 heteroatoms. The molecule has 1 aliphatic heterocycles. The molecule has 5 rings (SSSR count). The summed E-state index contributed by atoms with van der Waals surface area (Å²) in [5, 5.41) is 14.0. The Kier molecular flexibility index (Phi) is 4.37. The lowest BCUT2D eigenvalue weighted by Gasteiger charge is -2.21. The summed E-state index contributed by atoms with van der Waals surface area (Å²) < 4.78 is 21.0. The molecule has 3 aromatic rings. The lowest BCUT2D eigenvalue weighted by Crippen LogP contribution is -2.37. The van der Waals surface area contributed by atoms with Crippen molar-refractivity contribution in [2.75, 3.05) is 25.1 Å². The third-order valence-electron chi connectivity index (χ3n) is 6.02. The molecule has 1 saturated carbocycles. The summed E-state index contributed by atoms with van der Waals surface area (Å²) in [7, 11) is 1.63. The summed E-state index contributed by atoms with van der Waals surface area (Å²) in [6, 6.07) is 7.26. The predicted molar refractivity (Wildman–Crippen MR) is 111 cm³/mol. The van der Waals surface area contributed by atoms with Gasteiger partial charge in [-0.05, 0) is 24.0 Å². The number of aryl methyl sites for hydroxylation is 1. The van der Waals surface area contributed by atoms with Crippen LogP contribution in [0, 0.1) is 0 Å². The van der Waals surface area contributed by atoms with Crippen molar-refractivity contribution in [1.29, 1.82) is 0 Å². The molecule has 7 nitrogen and oxygen atoms in total. The second-order valence-electron chi connectivity index (χ2n) is 8.33. The maximum absolute atomic E-state index is 14.3. The Hall–Kier alpha value is -2.84. The lowest BCUT2D eigenvalue weighted by atomic mass is 10.0. The third-order valence-corrected chi connectivity index (χ3v) is 6.02. The van der Waals surface area contributed by atoms with Crippen molar-refractivity contribution >= 4 is 16.7 Å². The van der Waals surface area contributed by atoms with E-state index in [0.29, 0.717) is 53.7 Å². The van der Waals surface area contributed by atoms with E-state index in [4.69, 9.17) is 4.74 Å². The van der Waals surface area contributed by atoms with Crippen molar-refractivity contribution in [3.63, 3.8) is 0 Å². The molecule has 0 spiro atoms. The van der Waals surface area contributed by atoms with E-state index in [1.807, 2.05) is 12.1 Å². The van der Waals surface area contributed by atoms with Gasteiger partial charge in [-0.1, -0.05) is 24.3 Å².